The molecule has 1 unspecified atom stereocenters. The highest BCUT2D eigenvalue weighted by molar-refractivity contribution is 7.92. The molecule has 0 radical (unpaired) electrons. The van der Waals surface area contributed by atoms with Crippen molar-refractivity contribution >= 4 is 15.7 Å². The highest BCUT2D eigenvalue weighted by atomic mass is 32.2. The van der Waals surface area contributed by atoms with Crippen LogP contribution in [0.15, 0.2) is 18.2 Å². The fourth-order valence-corrected chi connectivity index (χ4v) is 3.03. The Bertz CT molecular complexity index is 528. The third-order valence-electron chi connectivity index (χ3n) is 2.46. The topological polar surface area (TPSA) is 84.9 Å². The van der Waals surface area contributed by atoms with Gasteiger partial charge in [-0.2, -0.15) is 0 Å². The predicted molar refractivity (Wildman–Crippen MR) is 66.2 cm³/mol. The number of anilines is 1. The number of fused-ring (bicyclic) bond motifs is 1. The first-order chi connectivity index (χ1) is 8.50. The maximum absolute atomic E-state index is 11.8. The first-order valence-corrected chi connectivity index (χ1v) is 7.16. The molecular formula is C11H15NO5S. The van der Waals surface area contributed by atoms with Gasteiger partial charge in [-0.25, -0.2) is 8.42 Å². The molecule has 0 aliphatic carbocycles. The van der Waals surface area contributed by atoms with Gasteiger partial charge in [0.05, 0.1) is 11.4 Å². The Morgan fingerprint density at radius 3 is 2.83 bits per heavy atom. The summed E-state index contributed by atoms with van der Waals surface area (Å²) in [6.45, 7) is 1.65. The van der Waals surface area contributed by atoms with Crippen molar-refractivity contribution < 1.29 is 23.0 Å². The van der Waals surface area contributed by atoms with Crippen molar-refractivity contribution in [3.63, 3.8) is 0 Å². The predicted octanol–water partition coefficient (Wildman–Crippen LogP) is 0.785. The van der Waals surface area contributed by atoms with Crippen LogP contribution in [0, 0.1) is 5.92 Å². The lowest BCUT2D eigenvalue weighted by Gasteiger charge is -2.11. The summed E-state index contributed by atoms with van der Waals surface area (Å²) in [7, 11) is -3.47. The van der Waals surface area contributed by atoms with E-state index in [0.717, 1.165) is 0 Å². The van der Waals surface area contributed by atoms with Crippen LogP contribution in [0.4, 0.5) is 5.69 Å². The molecule has 18 heavy (non-hydrogen) atoms. The average molecular weight is 273 g/mol. The molecular weight excluding hydrogens is 258 g/mol. The van der Waals surface area contributed by atoms with Gasteiger partial charge >= 0.3 is 0 Å². The van der Waals surface area contributed by atoms with Crippen LogP contribution in [-0.2, 0) is 10.0 Å². The lowest BCUT2D eigenvalue weighted by Crippen LogP contribution is -2.23. The normalized spacial score (nSPS) is 15.4. The zero-order valence-electron chi connectivity index (χ0n) is 9.92. The smallest absolute Gasteiger partial charge is 0.233 e. The zero-order valence-corrected chi connectivity index (χ0v) is 10.7. The molecule has 6 nitrogen and oxygen atoms in total. The summed E-state index contributed by atoms with van der Waals surface area (Å²) in [6.07, 6.45) is 0. The van der Waals surface area contributed by atoms with E-state index in [1.807, 2.05) is 0 Å². The number of aliphatic hydroxyl groups excluding tert-OH is 1. The van der Waals surface area contributed by atoms with E-state index < -0.39 is 10.0 Å². The third-order valence-corrected chi connectivity index (χ3v) is 4.02. The van der Waals surface area contributed by atoms with E-state index in [9.17, 15) is 8.42 Å². The second-order valence-corrected chi connectivity index (χ2v) is 6.01. The van der Waals surface area contributed by atoms with E-state index in [1.165, 1.54) is 0 Å². The minimum Gasteiger partial charge on any atom is -0.454 e. The molecule has 100 valence electrons. The van der Waals surface area contributed by atoms with Gasteiger partial charge in [-0.15, -0.1) is 0 Å². The number of nitrogens with one attached hydrogen (secondary N) is 1. The van der Waals surface area contributed by atoms with Crippen LogP contribution in [0.1, 0.15) is 6.92 Å². The Kier molecular flexibility index (Phi) is 3.63. The van der Waals surface area contributed by atoms with Crippen molar-refractivity contribution in [3.05, 3.63) is 18.2 Å². The molecule has 1 aliphatic rings. The maximum atomic E-state index is 11.8. The summed E-state index contributed by atoms with van der Waals surface area (Å²) in [6, 6.07) is 4.83. The molecule has 1 aromatic rings. The quantitative estimate of drug-likeness (QED) is 0.828. The Labute approximate surface area is 106 Å². The number of benzene rings is 1. The monoisotopic (exact) mass is 273 g/mol. The van der Waals surface area contributed by atoms with Crippen LogP contribution >= 0.6 is 0 Å². The van der Waals surface area contributed by atoms with E-state index in [0.29, 0.717) is 17.2 Å². The lowest BCUT2D eigenvalue weighted by atomic mass is 10.2. The van der Waals surface area contributed by atoms with Crippen molar-refractivity contribution in [2.75, 3.05) is 23.9 Å². The first-order valence-electron chi connectivity index (χ1n) is 5.51. The summed E-state index contributed by atoms with van der Waals surface area (Å²) in [5.74, 6) is 0.682. The van der Waals surface area contributed by atoms with Gasteiger partial charge < -0.3 is 14.6 Å². The summed E-state index contributed by atoms with van der Waals surface area (Å²) in [5.41, 5.74) is 0.421. The highest BCUT2D eigenvalue weighted by Crippen LogP contribution is 2.34. The molecule has 2 N–H and O–H groups in total. The van der Waals surface area contributed by atoms with Crippen LogP contribution < -0.4 is 14.2 Å². The summed E-state index contributed by atoms with van der Waals surface area (Å²) in [5, 5.41) is 8.86. The van der Waals surface area contributed by atoms with E-state index in [1.54, 1.807) is 25.1 Å². The fraction of sp³-hybridized carbons (Fsp3) is 0.455. The van der Waals surface area contributed by atoms with Crippen molar-refractivity contribution in [3.8, 4) is 11.5 Å². The summed E-state index contributed by atoms with van der Waals surface area (Å²) >= 11 is 0. The number of hydrogen-bond donors (Lipinski definition) is 2. The maximum Gasteiger partial charge on any atom is 0.233 e. The molecule has 0 spiro atoms. The van der Waals surface area contributed by atoms with Crippen LogP contribution in [0.5, 0.6) is 11.5 Å². The van der Waals surface area contributed by atoms with Gasteiger partial charge in [-0.1, -0.05) is 6.92 Å². The number of hydrogen-bond acceptors (Lipinski definition) is 5. The summed E-state index contributed by atoms with van der Waals surface area (Å²) < 4.78 is 36.3. The molecule has 1 aromatic carbocycles. The Balaban J connectivity index is 2.09. The SMILES string of the molecule is CC(CO)CS(=O)(=O)Nc1ccc2c(c1)OCO2. The molecule has 0 saturated carbocycles. The van der Waals surface area contributed by atoms with E-state index in [2.05, 4.69) is 4.72 Å². The van der Waals surface area contributed by atoms with E-state index >= 15 is 0 Å². The molecule has 2 rings (SSSR count). The molecule has 1 heterocycles. The molecule has 0 aromatic heterocycles. The molecule has 7 heteroatoms. The van der Waals surface area contributed by atoms with E-state index in [4.69, 9.17) is 14.6 Å². The van der Waals surface area contributed by atoms with Gasteiger partial charge in [0.2, 0.25) is 16.8 Å². The largest absolute Gasteiger partial charge is 0.454 e. The third kappa shape index (κ3) is 3.05. The number of rotatable bonds is 5. The Morgan fingerprint density at radius 2 is 2.11 bits per heavy atom. The molecule has 0 saturated heterocycles. The van der Waals surface area contributed by atoms with Crippen molar-refractivity contribution in [1.29, 1.82) is 0 Å². The average Bonchev–Trinajstić information content (AvgIpc) is 2.74. The Morgan fingerprint density at radius 1 is 1.39 bits per heavy atom. The minimum atomic E-state index is -3.47. The van der Waals surface area contributed by atoms with Crippen LogP contribution in [0.2, 0.25) is 0 Å². The molecule has 1 aliphatic heterocycles. The molecule has 0 bridgehead atoms. The zero-order chi connectivity index (χ0) is 13.2. The van der Waals surface area contributed by atoms with Crippen LogP contribution in [-0.4, -0.2) is 32.7 Å². The van der Waals surface area contributed by atoms with Crippen LogP contribution in [0.25, 0.3) is 0 Å². The highest BCUT2D eigenvalue weighted by Gasteiger charge is 2.18. The molecule has 0 fully saturated rings. The van der Waals surface area contributed by atoms with Crippen molar-refractivity contribution in [2.45, 2.75) is 6.92 Å². The second kappa shape index (κ2) is 5.03. The van der Waals surface area contributed by atoms with Crippen molar-refractivity contribution in [1.82, 2.24) is 0 Å². The molecule has 0 amide bonds. The van der Waals surface area contributed by atoms with Crippen LogP contribution in [0.3, 0.4) is 0 Å². The number of ether oxygens (including phenoxy) is 2. The Hall–Kier alpha value is -1.47. The van der Waals surface area contributed by atoms with Gasteiger partial charge in [-0.05, 0) is 18.1 Å². The van der Waals surface area contributed by atoms with Gasteiger partial charge in [0.15, 0.2) is 11.5 Å². The summed E-state index contributed by atoms with van der Waals surface area (Å²) in [4.78, 5) is 0. The van der Waals surface area contributed by atoms with Gasteiger partial charge in [0.25, 0.3) is 0 Å². The molecule has 1 atom stereocenters. The van der Waals surface area contributed by atoms with Crippen molar-refractivity contribution in [2.24, 2.45) is 5.92 Å². The van der Waals surface area contributed by atoms with E-state index in [-0.39, 0.29) is 25.1 Å². The van der Waals surface area contributed by atoms with Gasteiger partial charge in [0, 0.05) is 12.7 Å². The standard InChI is InChI=1S/C11H15NO5S/c1-8(5-13)6-18(14,15)12-9-2-3-10-11(4-9)17-7-16-10/h2-4,8,12-13H,5-7H2,1H3. The minimum absolute atomic E-state index is 0.127. The second-order valence-electron chi connectivity index (χ2n) is 4.24. The number of aliphatic hydroxyl groups is 1. The number of sulfonamides is 1. The fourth-order valence-electron chi connectivity index (χ4n) is 1.61. The first kappa shape index (κ1) is 13.0. The lowest BCUT2D eigenvalue weighted by molar-refractivity contribution is 0.174. The van der Waals surface area contributed by atoms with Gasteiger partial charge in [0.1, 0.15) is 0 Å². The van der Waals surface area contributed by atoms with Gasteiger partial charge in [-0.3, -0.25) is 4.72 Å².